The van der Waals surface area contributed by atoms with Crippen LogP contribution in [0.2, 0.25) is 0 Å². The second kappa shape index (κ2) is 5.69. The molecule has 3 rings (SSSR count). The van der Waals surface area contributed by atoms with Gasteiger partial charge < -0.3 is 4.74 Å². The van der Waals surface area contributed by atoms with Crippen LogP contribution in [0.5, 0.6) is 0 Å². The molecule has 0 spiro atoms. The molecule has 2 aliphatic heterocycles. The highest BCUT2D eigenvalue weighted by Crippen LogP contribution is 2.45. The zero-order valence-electron chi connectivity index (χ0n) is 13.8. The fourth-order valence-electron chi connectivity index (χ4n) is 4.22. The molecule has 2 fully saturated rings. The zero-order valence-corrected chi connectivity index (χ0v) is 13.8. The Morgan fingerprint density at radius 2 is 2.00 bits per heavy atom. The smallest absolute Gasteiger partial charge is 0.337 e. The lowest BCUT2D eigenvalue weighted by atomic mass is 9.80. The summed E-state index contributed by atoms with van der Waals surface area (Å²) in [5.41, 5.74) is 0.416. The summed E-state index contributed by atoms with van der Waals surface area (Å²) in [6, 6.07) is -0.0131. The summed E-state index contributed by atoms with van der Waals surface area (Å²) in [5.74, 6) is 0.237. The molecule has 5 heteroatoms. The molecule has 0 N–H and O–H groups in total. The molecule has 0 aromatic rings. The highest BCUT2D eigenvalue weighted by molar-refractivity contribution is 5.93. The van der Waals surface area contributed by atoms with Crippen molar-refractivity contribution in [3.63, 3.8) is 0 Å². The highest BCUT2D eigenvalue weighted by Gasteiger charge is 2.54. The van der Waals surface area contributed by atoms with Gasteiger partial charge in [0.15, 0.2) is 0 Å². The van der Waals surface area contributed by atoms with Crippen molar-refractivity contribution in [3.05, 3.63) is 11.8 Å². The number of hydrogen-bond acceptors (Lipinski definition) is 4. The van der Waals surface area contributed by atoms with Crippen molar-refractivity contribution < 1.29 is 14.3 Å². The summed E-state index contributed by atoms with van der Waals surface area (Å²) < 4.78 is 5.24. The van der Waals surface area contributed by atoms with Gasteiger partial charge in [-0.1, -0.05) is 19.3 Å². The lowest BCUT2D eigenvalue weighted by Crippen LogP contribution is -2.51. The Morgan fingerprint density at radius 1 is 1.32 bits per heavy atom. The van der Waals surface area contributed by atoms with Crippen LogP contribution in [0.25, 0.3) is 0 Å². The predicted molar refractivity (Wildman–Crippen MR) is 82.5 cm³/mol. The molecule has 1 aliphatic carbocycles. The highest BCUT2D eigenvalue weighted by atomic mass is 16.5. The van der Waals surface area contributed by atoms with Gasteiger partial charge in [-0.3, -0.25) is 4.79 Å². The number of hydrazine groups is 1. The third-order valence-electron chi connectivity index (χ3n) is 5.14. The third-order valence-corrected chi connectivity index (χ3v) is 5.14. The first-order valence-electron chi connectivity index (χ1n) is 8.46. The van der Waals surface area contributed by atoms with E-state index in [1.165, 1.54) is 19.3 Å². The number of ether oxygens (including phenoxy) is 1. The van der Waals surface area contributed by atoms with E-state index in [0.717, 1.165) is 12.8 Å². The van der Waals surface area contributed by atoms with Gasteiger partial charge in [-0.05, 0) is 39.5 Å². The van der Waals surface area contributed by atoms with Gasteiger partial charge in [0.05, 0.1) is 18.2 Å². The molecule has 5 nitrogen and oxygen atoms in total. The molecule has 0 bridgehead atoms. The fourth-order valence-corrected chi connectivity index (χ4v) is 4.22. The van der Waals surface area contributed by atoms with Gasteiger partial charge in [-0.15, -0.1) is 0 Å². The molecule has 2 heterocycles. The predicted octanol–water partition coefficient (Wildman–Crippen LogP) is 2.62. The van der Waals surface area contributed by atoms with Crippen LogP contribution in [0, 0.1) is 5.92 Å². The van der Waals surface area contributed by atoms with Gasteiger partial charge in [0.2, 0.25) is 5.91 Å². The summed E-state index contributed by atoms with van der Waals surface area (Å²) in [7, 11) is 0. The molecule has 122 valence electrons. The molecule has 1 unspecified atom stereocenters. The lowest BCUT2D eigenvalue weighted by molar-refractivity contribution is -0.141. The van der Waals surface area contributed by atoms with Crippen LogP contribution >= 0.6 is 0 Å². The van der Waals surface area contributed by atoms with Gasteiger partial charge >= 0.3 is 5.97 Å². The zero-order chi connectivity index (χ0) is 15.9. The summed E-state index contributed by atoms with van der Waals surface area (Å²) >= 11 is 0. The molecular formula is C17H26N2O3. The normalized spacial score (nSPS) is 28.7. The summed E-state index contributed by atoms with van der Waals surface area (Å²) in [6.07, 6.45) is 8.16. The Morgan fingerprint density at radius 3 is 2.64 bits per heavy atom. The minimum Gasteiger partial charge on any atom is -0.463 e. The topological polar surface area (TPSA) is 49.9 Å². The van der Waals surface area contributed by atoms with Crippen LogP contribution in [0.1, 0.15) is 59.3 Å². The van der Waals surface area contributed by atoms with E-state index in [-0.39, 0.29) is 23.5 Å². The van der Waals surface area contributed by atoms with E-state index >= 15 is 0 Å². The quantitative estimate of drug-likeness (QED) is 0.752. The average Bonchev–Trinajstić information content (AvgIpc) is 2.98. The van der Waals surface area contributed by atoms with E-state index in [0.29, 0.717) is 24.5 Å². The number of nitrogens with zero attached hydrogens (tertiary/aromatic N) is 2. The number of fused-ring (bicyclic) bond motifs is 1. The summed E-state index contributed by atoms with van der Waals surface area (Å²) in [6.45, 7) is 6.36. The molecule has 3 aliphatic rings. The second-order valence-electron chi connectivity index (χ2n) is 7.22. The third kappa shape index (κ3) is 2.45. The van der Waals surface area contributed by atoms with Crippen molar-refractivity contribution in [1.82, 2.24) is 10.0 Å². The van der Waals surface area contributed by atoms with Crippen LogP contribution in [-0.4, -0.2) is 40.1 Å². The van der Waals surface area contributed by atoms with E-state index in [9.17, 15) is 9.59 Å². The van der Waals surface area contributed by atoms with E-state index in [2.05, 4.69) is 18.9 Å². The standard InChI is InChI=1S/C17H26N2O3/c1-4-22-16(21)13-11-18-14(20)10-17(2,3)19(18)15(13)12-8-6-5-7-9-12/h11-12,15H,4-10H2,1-3H3. The summed E-state index contributed by atoms with van der Waals surface area (Å²) in [5, 5.41) is 3.81. The molecule has 1 saturated heterocycles. The van der Waals surface area contributed by atoms with Gasteiger partial charge in [0, 0.05) is 18.2 Å². The largest absolute Gasteiger partial charge is 0.463 e. The Bertz CT molecular complexity index is 506. The van der Waals surface area contributed by atoms with Crippen molar-refractivity contribution in [2.45, 2.75) is 70.9 Å². The van der Waals surface area contributed by atoms with E-state index < -0.39 is 0 Å². The number of carbonyl (C=O) groups excluding carboxylic acids is 2. The first-order valence-corrected chi connectivity index (χ1v) is 8.46. The molecule has 1 atom stereocenters. The minimum absolute atomic E-state index is 0.0131. The molecule has 1 saturated carbocycles. The first-order chi connectivity index (χ1) is 10.5. The van der Waals surface area contributed by atoms with E-state index in [1.54, 1.807) is 11.2 Å². The van der Waals surface area contributed by atoms with E-state index in [1.807, 2.05) is 6.92 Å². The van der Waals surface area contributed by atoms with Crippen molar-refractivity contribution in [2.24, 2.45) is 5.92 Å². The molecule has 22 heavy (non-hydrogen) atoms. The maximum absolute atomic E-state index is 12.4. The van der Waals surface area contributed by atoms with Gasteiger partial charge in [-0.2, -0.15) is 0 Å². The number of esters is 1. The van der Waals surface area contributed by atoms with Gasteiger partial charge in [0.1, 0.15) is 0 Å². The SMILES string of the molecule is CCOC(=O)C1=CN2C(=O)CC(C)(C)N2C1C1CCCCC1. The molecule has 0 radical (unpaired) electrons. The van der Waals surface area contributed by atoms with Gasteiger partial charge in [0.25, 0.3) is 0 Å². The van der Waals surface area contributed by atoms with Crippen molar-refractivity contribution in [1.29, 1.82) is 0 Å². The maximum Gasteiger partial charge on any atom is 0.337 e. The van der Waals surface area contributed by atoms with Crippen LogP contribution in [-0.2, 0) is 14.3 Å². The minimum atomic E-state index is -0.268. The van der Waals surface area contributed by atoms with Crippen LogP contribution < -0.4 is 0 Å². The Hall–Kier alpha value is -1.36. The van der Waals surface area contributed by atoms with Gasteiger partial charge in [-0.25, -0.2) is 14.8 Å². The maximum atomic E-state index is 12.4. The summed E-state index contributed by atoms with van der Waals surface area (Å²) in [4.78, 5) is 24.7. The molecule has 1 amide bonds. The lowest BCUT2D eigenvalue weighted by Gasteiger charge is -2.41. The molecular weight excluding hydrogens is 280 g/mol. The van der Waals surface area contributed by atoms with Crippen LogP contribution in [0.15, 0.2) is 11.8 Å². The Kier molecular flexibility index (Phi) is 4.02. The average molecular weight is 306 g/mol. The Labute approximate surface area is 132 Å². The van der Waals surface area contributed by atoms with Crippen LogP contribution in [0.4, 0.5) is 0 Å². The molecule has 0 aromatic carbocycles. The van der Waals surface area contributed by atoms with Crippen molar-refractivity contribution in [2.75, 3.05) is 6.61 Å². The fraction of sp³-hybridized carbons (Fsp3) is 0.765. The van der Waals surface area contributed by atoms with E-state index in [4.69, 9.17) is 4.74 Å². The number of carbonyl (C=O) groups is 2. The Balaban J connectivity index is 1.95. The first kappa shape index (κ1) is 15.5. The number of hydrogen-bond donors (Lipinski definition) is 0. The number of rotatable bonds is 3. The second-order valence-corrected chi connectivity index (χ2v) is 7.22. The van der Waals surface area contributed by atoms with Crippen molar-refractivity contribution >= 4 is 11.9 Å². The van der Waals surface area contributed by atoms with Crippen molar-refractivity contribution in [3.8, 4) is 0 Å². The molecule has 0 aromatic heterocycles. The van der Waals surface area contributed by atoms with Crippen LogP contribution in [0.3, 0.4) is 0 Å². The number of amides is 1. The monoisotopic (exact) mass is 306 g/mol.